The third kappa shape index (κ3) is 4.61. The minimum Gasteiger partial charge on any atom is -0.376 e. The predicted octanol–water partition coefficient (Wildman–Crippen LogP) is 2.58. The van der Waals surface area contributed by atoms with E-state index in [1.807, 2.05) is 26.2 Å². The lowest BCUT2D eigenvalue weighted by molar-refractivity contribution is -0.0199. The van der Waals surface area contributed by atoms with Crippen LogP contribution in [0.1, 0.15) is 32.4 Å². The molecule has 92 valence electrons. The standard InChI is InChI=1S/C12H21NO2S/c1-9(2)14-5-6-15-12(10(3)13)11-4-7-16-8-11/h4,7-10,12H,5-6,13H2,1-3H3. The van der Waals surface area contributed by atoms with Crippen LogP contribution in [0.25, 0.3) is 0 Å². The highest BCUT2D eigenvalue weighted by molar-refractivity contribution is 7.07. The molecule has 2 N–H and O–H groups in total. The molecule has 4 heteroatoms. The van der Waals surface area contributed by atoms with Gasteiger partial charge in [-0.2, -0.15) is 11.3 Å². The van der Waals surface area contributed by atoms with Gasteiger partial charge in [0.1, 0.15) is 0 Å². The minimum absolute atomic E-state index is 0.00588. The van der Waals surface area contributed by atoms with Crippen molar-refractivity contribution in [3.8, 4) is 0 Å². The van der Waals surface area contributed by atoms with Crippen molar-refractivity contribution in [2.45, 2.75) is 39.0 Å². The van der Waals surface area contributed by atoms with Crippen molar-refractivity contribution >= 4 is 11.3 Å². The summed E-state index contributed by atoms with van der Waals surface area (Å²) in [7, 11) is 0. The van der Waals surface area contributed by atoms with Crippen LogP contribution in [0.3, 0.4) is 0 Å². The second-order valence-corrected chi connectivity index (χ2v) is 4.91. The van der Waals surface area contributed by atoms with Crippen molar-refractivity contribution in [3.63, 3.8) is 0 Å². The summed E-state index contributed by atoms with van der Waals surface area (Å²) in [6, 6.07) is 2.05. The monoisotopic (exact) mass is 243 g/mol. The summed E-state index contributed by atoms with van der Waals surface area (Å²) in [4.78, 5) is 0. The molecule has 0 saturated carbocycles. The summed E-state index contributed by atoms with van der Waals surface area (Å²) in [6.45, 7) is 7.20. The zero-order chi connectivity index (χ0) is 12.0. The van der Waals surface area contributed by atoms with Gasteiger partial charge in [0.2, 0.25) is 0 Å². The Kier molecular flexibility index (Phi) is 5.98. The van der Waals surface area contributed by atoms with E-state index in [2.05, 4.69) is 11.4 Å². The van der Waals surface area contributed by atoms with Gasteiger partial charge < -0.3 is 15.2 Å². The van der Waals surface area contributed by atoms with Gasteiger partial charge in [0.05, 0.1) is 25.4 Å². The van der Waals surface area contributed by atoms with Crippen molar-refractivity contribution in [2.75, 3.05) is 13.2 Å². The smallest absolute Gasteiger partial charge is 0.0982 e. The Morgan fingerprint density at radius 2 is 1.94 bits per heavy atom. The van der Waals surface area contributed by atoms with E-state index in [0.717, 1.165) is 5.56 Å². The van der Waals surface area contributed by atoms with Crippen molar-refractivity contribution in [2.24, 2.45) is 5.73 Å². The van der Waals surface area contributed by atoms with Crippen LogP contribution in [0.15, 0.2) is 16.8 Å². The number of rotatable bonds is 7. The lowest BCUT2D eigenvalue weighted by Gasteiger charge is -2.21. The molecule has 0 saturated heterocycles. The highest BCUT2D eigenvalue weighted by atomic mass is 32.1. The van der Waals surface area contributed by atoms with E-state index in [1.54, 1.807) is 11.3 Å². The fourth-order valence-electron chi connectivity index (χ4n) is 1.45. The van der Waals surface area contributed by atoms with Gasteiger partial charge in [0.15, 0.2) is 0 Å². The first-order chi connectivity index (χ1) is 7.61. The van der Waals surface area contributed by atoms with Crippen LogP contribution in [-0.4, -0.2) is 25.4 Å². The highest BCUT2D eigenvalue weighted by Crippen LogP contribution is 2.22. The Morgan fingerprint density at radius 1 is 1.25 bits per heavy atom. The lowest BCUT2D eigenvalue weighted by atomic mass is 10.1. The minimum atomic E-state index is -0.0259. The molecular weight excluding hydrogens is 222 g/mol. The van der Waals surface area contributed by atoms with Gasteiger partial charge in [0.25, 0.3) is 0 Å². The third-order valence-corrected chi connectivity index (χ3v) is 2.88. The maximum absolute atomic E-state index is 5.91. The molecule has 0 aliphatic heterocycles. The van der Waals surface area contributed by atoms with Crippen LogP contribution >= 0.6 is 11.3 Å². The predicted molar refractivity (Wildman–Crippen MR) is 67.7 cm³/mol. The Balaban J connectivity index is 2.35. The van der Waals surface area contributed by atoms with Gasteiger partial charge in [-0.25, -0.2) is 0 Å². The zero-order valence-electron chi connectivity index (χ0n) is 10.2. The molecule has 0 bridgehead atoms. The molecule has 2 unspecified atom stereocenters. The molecule has 0 radical (unpaired) electrons. The average Bonchev–Trinajstić information content (AvgIpc) is 2.69. The first-order valence-corrected chi connectivity index (χ1v) is 6.56. The summed E-state index contributed by atoms with van der Waals surface area (Å²) in [5.74, 6) is 0. The summed E-state index contributed by atoms with van der Waals surface area (Å²) < 4.78 is 11.2. The lowest BCUT2D eigenvalue weighted by Crippen LogP contribution is -2.27. The summed E-state index contributed by atoms with van der Waals surface area (Å²) in [5, 5.41) is 4.12. The zero-order valence-corrected chi connectivity index (χ0v) is 11.0. The van der Waals surface area contributed by atoms with E-state index in [-0.39, 0.29) is 18.2 Å². The summed E-state index contributed by atoms with van der Waals surface area (Å²) in [6.07, 6.45) is 0.223. The van der Waals surface area contributed by atoms with Gasteiger partial charge in [-0.15, -0.1) is 0 Å². The number of ether oxygens (including phenoxy) is 2. The molecule has 0 fully saturated rings. The molecule has 1 rings (SSSR count). The SMILES string of the molecule is CC(C)OCCOC(c1ccsc1)C(C)N. The molecule has 0 amide bonds. The van der Waals surface area contributed by atoms with E-state index < -0.39 is 0 Å². The molecule has 0 aliphatic rings. The average molecular weight is 243 g/mol. The molecule has 0 aliphatic carbocycles. The Labute approximate surface area is 102 Å². The Hall–Kier alpha value is -0.420. The molecule has 3 nitrogen and oxygen atoms in total. The van der Waals surface area contributed by atoms with E-state index in [4.69, 9.17) is 15.2 Å². The van der Waals surface area contributed by atoms with Crippen molar-refractivity contribution < 1.29 is 9.47 Å². The van der Waals surface area contributed by atoms with Gasteiger partial charge >= 0.3 is 0 Å². The number of hydrogen-bond donors (Lipinski definition) is 1. The third-order valence-electron chi connectivity index (χ3n) is 2.18. The molecule has 16 heavy (non-hydrogen) atoms. The van der Waals surface area contributed by atoms with Crippen LogP contribution in [0.5, 0.6) is 0 Å². The van der Waals surface area contributed by atoms with Crippen LogP contribution in [0.2, 0.25) is 0 Å². The van der Waals surface area contributed by atoms with Crippen LogP contribution in [-0.2, 0) is 9.47 Å². The van der Waals surface area contributed by atoms with Crippen LogP contribution < -0.4 is 5.73 Å². The molecule has 1 heterocycles. The van der Waals surface area contributed by atoms with E-state index in [0.29, 0.717) is 13.2 Å². The van der Waals surface area contributed by atoms with Crippen molar-refractivity contribution in [1.82, 2.24) is 0 Å². The quantitative estimate of drug-likeness (QED) is 0.749. The van der Waals surface area contributed by atoms with Crippen molar-refractivity contribution in [3.05, 3.63) is 22.4 Å². The van der Waals surface area contributed by atoms with Gasteiger partial charge in [0, 0.05) is 6.04 Å². The van der Waals surface area contributed by atoms with Crippen molar-refractivity contribution in [1.29, 1.82) is 0 Å². The van der Waals surface area contributed by atoms with Gasteiger partial charge in [-0.05, 0) is 43.2 Å². The molecule has 0 spiro atoms. The maximum Gasteiger partial charge on any atom is 0.0982 e. The topological polar surface area (TPSA) is 44.5 Å². The molecular formula is C12H21NO2S. The van der Waals surface area contributed by atoms with Gasteiger partial charge in [-0.3, -0.25) is 0 Å². The molecule has 2 atom stereocenters. The molecule has 1 aromatic heterocycles. The summed E-state index contributed by atoms with van der Waals surface area (Å²) in [5.41, 5.74) is 7.07. The van der Waals surface area contributed by atoms with E-state index in [1.165, 1.54) is 0 Å². The Morgan fingerprint density at radius 3 is 2.44 bits per heavy atom. The maximum atomic E-state index is 5.91. The second-order valence-electron chi connectivity index (χ2n) is 4.13. The Bertz CT molecular complexity index is 273. The number of nitrogens with two attached hydrogens (primary N) is 1. The first kappa shape index (κ1) is 13.6. The fraction of sp³-hybridized carbons (Fsp3) is 0.667. The van der Waals surface area contributed by atoms with E-state index >= 15 is 0 Å². The van der Waals surface area contributed by atoms with Crippen LogP contribution in [0.4, 0.5) is 0 Å². The molecule has 1 aromatic rings. The van der Waals surface area contributed by atoms with Gasteiger partial charge in [-0.1, -0.05) is 0 Å². The van der Waals surface area contributed by atoms with Crippen LogP contribution in [0, 0.1) is 0 Å². The fourth-order valence-corrected chi connectivity index (χ4v) is 2.13. The number of hydrogen-bond acceptors (Lipinski definition) is 4. The largest absolute Gasteiger partial charge is 0.376 e. The van der Waals surface area contributed by atoms with E-state index in [9.17, 15) is 0 Å². The first-order valence-electron chi connectivity index (χ1n) is 5.62. The normalized spacial score (nSPS) is 15.3. The highest BCUT2D eigenvalue weighted by Gasteiger charge is 2.16. The second kappa shape index (κ2) is 7.01. The summed E-state index contributed by atoms with van der Waals surface area (Å²) >= 11 is 1.66. The molecule has 0 aromatic carbocycles. The number of thiophene rings is 1.